The standard InChI is InChI=1S/C31H24O10/c1-39-19-8-4-15(5-9-19)31-27(29(38)25-21(36)11-18(34)13-23(25)41-31)26-28(37)24-20(35)10-17(33)12-22(24)40-30(26)14-2-6-16(32)7-3-14/h2-13,26-27,30-36H,1H3/t26-,27-,30-,31+/m1/s1. The zero-order valence-electron chi connectivity index (χ0n) is 21.5. The average Bonchev–Trinajstić information content (AvgIpc) is 2.93. The molecule has 4 atom stereocenters. The van der Waals surface area contributed by atoms with Crippen LogP contribution in [0.2, 0.25) is 0 Å². The van der Waals surface area contributed by atoms with Gasteiger partial charge < -0.3 is 39.7 Å². The Balaban J connectivity index is 1.58. The van der Waals surface area contributed by atoms with E-state index < -0.39 is 47.1 Å². The summed E-state index contributed by atoms with van der Waals surface area (Å²) in [6.07, 6.45) is -2.23. The minimum absolute atomic E-state index is 0.0324. The molecule has 208 valence electrons. The summed E-state index contributed by atoms with van der Waals surface area (Å²) in [4.78, 5) is 28.6. The molecule has 0 saturated carbocycles. The van der Waals surface area contributed by atoms with Crippen LogP contribution < -0.4 is 14.2 Å². The number of Topliss-reactive ketones (excluding diaryl/α,β-unsaturated/α-hetero) is 2. The first kappa shape index (κ1) is 25.9. The SMILES string of the molecule is COc1ccc([C@@H]2Oc3cc(O)cc(O)c3C(=O)[C@H]2[C@@H]2C(=O)c3c(O)cc(O)cc3O[C@@H]2c2ccc(O)cc2)cc1. The molecule has 6 rings (SSSR count). The monoisotopic (exact) mass is 556 g/mol. The highest BCUT2D eigenvalue weighted by Crippen LogP contribution is 2.53. The number of phenols is 5. The number of hydrogen-bond acceptors (Lipinski definition) is 10. The molecule has 0 saturated heterocycles. The Labute approximate surface area is 233 Å². The lowest BCUT2D eigenvalue weighted by Gasteiger charge is -2.42. The maximum absolute atomic E-state index is 14.3. The van der Waals surface area contributed by atoms with Crippen molar-refractivity contribution in [3.8, 4) is 46.0 Å². The van der Waals surface area contributed by atoms with Crippen molar-refractivity contribution in [3.05, 3.63) is 95.1 Å². The molecule has 0 radical (unpaired) electrons. The number of carbonyl (C=O) groups is 2. The number of fused-ring (bicyclic) bond motifs is 2. The third-order valence-electron chi connectivity index (χ3n) is 7.44. The van der Waals surface area contributed by atoms with E-state index in [-0.39, 0.29) is 39.9 Å². The molecule has 10 nitrogen and oxygen atoms in total. The number of ether oxygens (including phenoxy) is 3. The Bertz CT molecular complexity index is 1680. The minimum Gasteiger partial charge on any atom is -0.508 e. The molecule has 5 N–H and O–H groups in total. The Kier molecular flexibility index (Phi) is 6.10. The van der Waals surface area contributed by atoms with E-state index in [9.17, 15) is 35.1 Å². The van der Waals surface area contributed by atoms with Crippen LogP contribution in [0.4, 0.5) is 0 Å². The van der Waals surface area contributed by atoms with Crippen LogP contribution in [-0.4, -0.2) is 44.2 Å². The summed E-state index contributed by atoms with van der Waals surface area (Å²) in [7, 11) is 1.50. The molecule has 10 heteroatoms. The van der Waals surface area contributed by atoms with E-state index in [0.29, 0.717) is 16.9 Å². The van der Waals surface area contributed by atoms with Gasteiger partial charge in [-0.25, -0.2) is 0 Å². The zero-order chi connectivity index (χ0) is 29.0. The van der Waals surface area contributed by atoms with Crippen molar-refractivity contribution in [1.82, 2.24) is 0 Å². The van der Waals surface area contributed by atoms with E-state index in [1.54, 1.807) is 24.3 Å². The van der Waals surface area contributed by atoms with E-state index in [2.05, 4.69) is 0 Å². The second-order valence-corrected chi connectivity index (χ2v) is 9.90. The van der Waals surface area contributed by atoms with Crippen LogP contribution in [0.15, 0.2) is 72.8 Å². The molecule has 0 aliphatic carbocycles. The zero-order valence-corrected chi connectivity index (χ0v) is 21.5. The molecule has 2 aliphatic rings. The van der Waals surface area contributed by atoms with Crippen molar-refractivity contribution < 1.29 is 49.3 Å². The summed E-state index contributed by atoms with van der Waals surface area (Å²) >= 11 is 0. The summed E-state index contributed by atoms with van der Waals surface area (Å²) in [5.41, 5.74) is 0.493. The second-order valence-electron chi connectivity index (χ2n) is 9.90. The number of rotatable bonds is 4. The lowest BCUT2D eigenvalue weighted by Crippen LogP contribution is -2.45. The van der Waals surface area contributed by atoms with Gasteiger partial charge in [-0.3, -0.25) is 9.59 Å². The molecular formula is C31H24O10. The van der Waals surface area contributed by atoms with Gasteiger partial charge in [0.15, 0.2) is 11.6 Å². The summed E-state index contributed by atoms with van der Waals surface area (Å²) < 4.78 is 17.7. The van der Waals surface area contributed by atoms with E-state index in [1.165, 1.54) is 43.5 Å². The molecule has 2 aliphatic heterocycles. The average molecular weight is 557 g/mol. The van der Waals surface area contributed by atoms with Gasteiger partial charge in [-0.1, -0.05) is 24.3 Å². The summed E-state index contributed by atoms with van der Waals surface area (Å²) in [5, 5.41) is 51.4. The van der Waals surface area contributed by atoms with E-state index in [0.717, 1.165) is 12.1 Å². The van der Waals surface area contributed by atoms with Gasteiger partial charge in [0.1, 0.15) is 69.3 Å². The fourth-order valence-electron chi connectivity index (χ4n) is 5.59. The van der Waals surface area contributed by atoms with Crippen molar-refractivity contribution >= 4 is 11.6 Å². The molecule has 4 aromatic rings. The fourth-order valence-corrected chi connectivity index (χ4v) is 5.59. The van der Waals surface area contributed by atoms with Gasteiger partial charge in [-0.2, -0.15) is 0 Å². The van der Waals surface area contributed by atoms with Crippen LogP contribution in [0.3, 0.4) is 0 Å². The number of hydrogen-bond donors (Lipinski definition) is 5. The number of aromatic hydroxyl groups is 5. The molecule has 2 heterocycles. The first-order valence-electron chi connectivity index (χ1n) is 12.6. The predicted molar refractivity (Wildman–Crippen MR) is 143 cm³/mol. The van der Waals surface area contributed by atoms with Crippen molar-refractivity contribution in [1.29, 1.82) is 0 Å². The molecule has 0 spiro atoms. The Morgan fingerprint density at radius 2 is 1.00 bits per heavy atom. The van der Waals surface area contributed by atoms with Crippen LogP contribution >= 0.6 is 0 Å². The Morgan fingerprint density at radius 1 is 0.585 bits per heavy atom. The van der Waals surface area contributed by atoms with Crippen LogP contribution in [0.25, 0.3) is 0 Å². The van der Waals surface area contributed by atoms with Gasteiger partial charge in [-0.15, -0.1) is 0 Å². The highest BCUT2D eigenvalue weighted by Gasteiger charge is 2.53. The Morgan fingerprint density at radius 3 is 1.41 bits per heavy atom. The summed E-state index contributed by atoms with van der Waals surface area (Å²) in [6.45, 7) is 0. The highest BCUT2D eigenvalue weighted by molar-refractivity contribution is 6.11. The number of phenolic OH excluding ortho intramolecular Hbond substituents is 5. The first-order valence-corrected chi connectivity index (χ1v) is 12.6. The molecule has 0 aromatic heterocycles. The van der Waals surface area contributed by atoms with Gasteiger partial charge in [0.2, 0.25) is 0 Å². The molecular weight excluding hydrogens is 532 g/mol. The maximum Gasteiger partial charge on any atom is 0.178 e. The predicted octanol–water partition coefficient (Wildman–Crippen LogP) is 4.79. The lowest BCUT2D eigenvalue weighted by molar-refractivity contribution is 0.0129. The van der Waals surface area contributed by atoms with Crippen molar-refractivity contribution in [2.45, 2.75) is 12.2 Å². The number of carbonyl (C=O) groups excluding carboxylic acids is 2. The fraction of sp³-hybridized carbons (Fsp3) is 0.161. The smallest absolute Gasteiger partial charge is 0.178 e. The van der Waals surface area contributed by atoms with Crippen LogP contribution in [0.5, 0.6) is 46.0 Å². The number of methoxy groups -OCH3 is 1. The highest BCUT2D eigenvalue weighted by atomic mass is 16.5. The summed E-state index contributed by atoms with van der Waals surface area (Å²) in [6, 6.07) is 17.0. The third kappa shape index (κ3) is 4.29. The first-order chi connectivity index (χ1) is 19.7. The second kappa shape index (κ2) is 9.67. The van der Waals surface area contributed by atoms with Crippen LogP contribution in [0, 0.1) is 11.8 Å². The normalized spacial score (nSPS) is 21.3. The number of benzene rings is 4. The molecule has 0 unspecified atom stereocenters. The van der Waals surface area contributed by atoms with Crippen LogP contribution in [-0.2, 0) is 0 Å². The van der Waals surface area contributed by atoms with Gasteiger partial charge in [0, 0.05) is 24.3 Å². The quantitative estimate of drug-likeness (QED) is 0.236. The summed E-state index contributed by atoms with van der Waals surface area (Å²) in [5.74, 6) is -5.23. The molecule has 0 amide bonds. The van der Waals surface area contributed by atoms with Gasteiger partial charge in [-0.05, 0) is 35.4 Å². The lowest BCUT2D eigenvalue weighted by atomic mass is 9.69. The third-order valence-corrected chi connectivity index (χ3v) is 7.44. The minimum atomic E-state index is -1.30. The van der Waals surface area contributed by atoms with Crippen LogP contribution in [0.1, 0.15) is 44.1 Å². The largest absolute Gasteiger partial charge is 0.508 e. The van der Waals surface area contributed by atoms with Crippen molar-refractivity contribution in [2.75, 3.05) is 7.11 Å². The van der Waals surface area contributed by atoms with Gasteiger partial charge in [0.25, 0.3) is 0 Å². The maximum atomic E-state index is 14.3. The van der Waals surface area contributed by atoms with E-state index >= 15 is 0 Å². The van der Waals surface area contributed by atoms with Crippen molar-refractivity contribution in [3.63, 3.8) is 0 Å². The molecule has 41 heavy (non-hydrogen) atoms. The van der Waals surface area contributed by atoms with E-state index in [1.807, 2.05) is 0 Å². The van der Waals surface area contributed by atoms with Crippen molar-refractivity contribution in [2.24, 2.45) is 11.8 Å². The van der Waals surface area contributed by atoms with Gasteiger partial charge in [0.05, 0.1) is 18.9 Å². The van der Waals surface area contributed by atoms with Gasteiger partial charge >= 0.3 is 0 Å². The molecule has 4 aromatic carbocycles. The molecule has 0 bridgehead atoms. The molecule has 0 fully saturated rings. The Hall–Kier alpha value is -5.38. The van der Waals surface area contributed by atoms with E-state index in [4.69, 9.17) is 14.2 Å². The topological polar surface area (TPSA) is 163 Å². The number of ketones is 2.